The molecule has 0 bridgehead atoms. The maximum atomic E-state index is 11.5. The number of carbonyl (C=O) groups excluding carboxylic acids is 1. The van der Waals surface area contributed by atoms with Crippen molar-refractivity contribution in [2.24, 2.45) is 5.73 Å². The van der Waals surface area contributed by atoms with Crippen molar-refractivity contribution in [3.05, 3.63) is 29.6 Å². The van der Waals surface area contributed by atoms with Crippen LogP contribution in [0.15, 0.2) is 18.3 Å². The second-order valence-electron chi connectivity index (χ2n) is 3.11. The molecule has 15 heavy (non-hydrogen) atoms. The van der Waals surface area contributed by atoms with Crippen LogP contribution in [0.1, 0.15) is 29.4 Å². The summed E-state index contributed by atoms with van der Waals surface area (Å²) in [6.45, 7) is 2.76. The van der Waals surface area contributed by atoms with Crippen molar-refractivity contribution in [2.45, 2.75) is 19.8 Å². The second-order valence-corrected chi connectivity index (χ2v) is 3.11. The molecule has 0 aliphatic carbocycles. The third-order valence-electron chi connectivity index (χ3n) is 2.00. The molecule has 4 heteroatoms. The highest BCUT2D eigenvalue weighted by atomic mass is 16.5. The standard InChI is InChI=1S/C11H16N2O2/c1-2-15-11(14)9-5-4-8-13-10(9)6-3-7-12/h4-5,8H,2-3,6-7,12H2,1H3. The van der Waals surface area contributed by atoms with Crippen LogP contribution >= 0.6 is 0 Å². The van der Waals surface area contributed by atoms with Gasteiger partial charge in [-0.15, -0.1) is 0 Å². The van der Waals surface area contributed by atoms with Crippen molar-refractivity contribution in [1.29, 1.82) is 0 Å². The molecule has 0 aliphatic heterocycles. The number of hydrogen-bond acceptors (Lipinski definition) is 4. The van der Waals surface area contributed by atoms with Gasteiger partial charge in [-0.05, 0) is 38.4 Å². The molecule has 0 radical (unpaired) electrons. The van der Waals surface area contributed by atoms with Crippen LogP contribution in [-0.2, 0) is 11.2 Å². The summed E-state index contributed by atoms with van der Waals surface area (Å²) in [4.78, 5) is 15.7. The topological polar surface area (TPSA) is 65.2 Å². The van der Waals surface area contributed by atoms with Gasteiger partial charge in [-0.25, -0.2) is 4.79 Å². The van der Waals surface area contributed by atoms with E-state index in [1.165, 1.54) is 0 Å². The third-order valence-corrected chi connectivity index (χ3v) is 2.00. The summed E-state index contributed by atoms with van der Waals surface area (Å²) in [7, 11) is 0. The molecule has 0 amide bonds. The molecule has 0 aliphatic rings. The molecular formula is C11H16N2O2. The summed E-state index contributed by atoms with van der Waals surface area (Å²) < 4.78 is 4.94. The number of aryl methyl sites for hydroxylation is 1. The zero-order valence-corrected chi connectivity index (χ0v) is 8.90. The van der Waals surface area contributed by atoms with Crippen LogP contribution < -0.4 is 5.73 Å². The summed E-state index contributed by atoms with van der Waals surface area (Å²) in [5.41, 5.74) is 6.73. The van der Waals surface area contributed by atoms with Crippen LogP contribution in [0.25, 0.3) is 0 Å². The molecule has 0 atom stereocenters. The van der Waals surface area contributed by atoms with Crippen LogP contribution in [-0.4, -0.2) is 24.1 Å². The van der Waals surface area contributed by atoms with Gasteiger partial charge >= 0.3 is 5.97 Å². The Balaban J connectivity index is 2.80. The van der Waals surface area contributed by atoms with Crippen LogP contribution in [0.3, 0.4) is 0 Å². The van der Waals surface area contributed by atoms with Gasteiger partial charge in [0.15, 0.2) is 0 Å². The van der Waals surface area contributed by atoms with Crippen molar-refractivity contribution in [3.8, 4) is 0 Å². The van der Waals surface area contributed by atoms with Crippen molar-refractivity contribution in [2.75, 3.05) is 13.2 Å². The first-order valence-corrected chi connectivity index (χ1v) is 5.10. The summed E-state index contributed by atoms with van der Waals surface area (Å²) in [6, 6.07) is 3.47. The predicted molar refractivity (Wildman–Crippen MR) is 57.6 cm³/mol. The van der Waals surface area contributed by atoms with E-state index in [0.717, 1.165) is 12.1 Å². The fraction of sp³-hybridized carbons (Fsp3) is 0.455. The quantitative estimate of drug-likeness (QED) is 0.737. The summed E-state index contributed by atoms with van der Waals surface area (Å²) >= 11 is 0. The van der Waals surface area contributed by atoms with E-state index in [9.17, 15) is 4.79 Å². The first-order chi connectivity index (χ1) is 7.29. The number of esters is 1. The van der Waals surface area contributed by atoms with Gasteiger partial charge in [0.05, 0.1) is 17.9 Å². The van der Waals surface area contributed by atoms with Crippen LogP contribution in [0.2, 0.25) is 0 Å². The van der Waals surface area contributed by atoms with Gasteiger partial charge in [-0.2, -0.15) is 0 Å². The third kappa shape index (κ3) is 3.32. The zero-order chi connectivity index (χ0) is 11.1. The zero-order valence-electron chi connectivity index (χ0n) is 8.90. The van der Waals surface area contributed by atoms with E-state index < -0.39 is 0 Å². The van der Waals surface area contributed by atoms with Gasteiger partial charge in [0.25, 0.3) is 0 Å². The predicted octanol–water partition coefficient (Wildman–Crippen LogP) is 1.15. The molecule has 1 aromatic rings. The number of pyridine rings is 1. The molecule has 0 saturated heterocycles. The molecule has 0 fully saturated rings. The molecular weight excluding hydrogens is 192 g/mol. The van der Waals surface area contributed by atoms with E-state index in [1.54, 1.807) is 25.3 Å². The molecule has 0 spiro atoms. The van der Waals surface area contributed by atoms with E-state index >= 15 is 0 Å². The average molecular weight is 208 g/mol. The monoisotopic (exact) mass is 208 g/mol. The van der Waals surface area contributed by atoms with E-state index in [0.29, 0.717) is 25.1 Å². The number of ether oxygens (including phenoxy) is 1. The Morgan fingerprint density at radius 2 is 2.40 bits per heavy atom. The second kappa shape index (κ2) is 6.14. The molecule has 1 aromatic heterocycles. The molecule has 4 nitrogen and oxygen atoms in total. The minimum atomic E-state index is -0.308. The first kappa shape index (κ1) is 11.7. The summed E-state index contributed by atoms with van der Waals surface area (Å²) in [6.07, 6.45) is 3.21. The van der Waals surface area contributed by atoms with Crippen LogP contribution in [0, 0.1) is 0 Å². The number of rotatable bonds is 5. The Kier molecular flexibility index (Phi) is 4.77. The Morgan fingerprint density at radius 1 is 1.60 bits per heavy atom. The average Bonchev–Trinajstić information content (AvgIpc) is 2.27. The fourth-order valence-electron chi connectivity index (χ4n) is 1.30. The van der Waals surface area contributed by atoms with Crippen molar-refractivity contribution in [3.63, 3.8) is 0 Å². The van der Waals surface area contributed by atoms with Crippen molar-refractivity contribution < 1.29 is 9.53 Å². The molecule has 1 rings (SSSR count). The van der Waals surface area contributed by atoms with Crippen molar-refractivity contribution in [1.82, 2.24) is 4.98 Å². The molecule has 0 saturated carbocycles. The first-order valence-electron chi connectivity index (χ1n) is 5.10. The van der Waals surface area contributed by atoms with Gasteiger partial charge in [0.2, 0.25) is 0 Å². The highest BCUT2D eigenvalue weighted by Gasteiger charge is 2.12. The lowest BCUT2D eigenvalue weighted by Gasteiger charge is -2.06. The van der Waals surface area contributed by atoms with Crippen LogP contribution in [0.4, 0.5) is 0 Å². The molecule has 2 N–H and O–H groups in total. The Hall–Kier alpha value is -1.42. The molecule has 0 unspecified atom stereocenters. The lowest BCUT2D eigenvalue weighted by atomic mass is 10.1. The lowest BCUT2D eigenvalue weighted by Crippen LogP contribution is -2.10. The Bertz CT molecular complexity index is 326. The van der Waals surface area contributed by atoms with Crippen LogP contribution in [0.5, 0.6) is 0 Å². The molecule has 82 valence electrons. The normalized spacial score (nSPS) is 10.0. The van der Waals surface area contributed by atoms with Gasteiger partial charge in [0, 0.05) is 6.20 Å². The number of aromatic nitrogens is 1. The van der Waals surface area contributed by atoms with Gasteiger partial charge in [-0.1, -0.05) is 0 Å². The maximum Gasteiger partial charge on any atom is 0.339 e. The smallest absolute Gasteiger partial charge is 0.339 e. The van der Waals surface area contributed by atoms with E-state index in [2.05, 4.69) is 4.98 Å². The minimum Gasteiger partial charge on any atom is -0.462 e. The number of nitrogens with two attached hydrogens (primary N) is 1. The van der Waals surface area contributed by atoms with Crippen molar-refractivity contribution >= 4 is 5.97 Å². The molecule has 1 heterocycles. The maximum absolute atomic E-state index is 11.5. The highest BCUT2D eigenvalue weighted by molar-refractivity contribution is 5.90. The lowest BCUT2D eigenvalue weighted by molar-refractivity contribution is 0.0524. The summed E-state index contributed by atoms with van der Waals surface area (Å²) in [5.74, 6) is -0.308. The highest BCUT2D eigenvalue weighted by Crippen LogP contribution is 2.09. The number of carbonyl (C=O) groups is 1. The van der Waals surface area contributed by atoms with E-state index in [1.807, 2.05) is 0 Å². The Morgan fingerprint density at radius 3 is 3.07 bits per heavy atom. The van der Waals surface area contributed by atoms with E-state index in [-0.39, 0.29) is 5.97 Å². The van der Waals surface area contributed by atoms with Gasteiger partial charge < -0.3 is 10.5 Å². The van der Waals surface area contributed by atoms with Gasteiger partial charge in [-0.3, -0.25) is 4.98 Å². The van der Waals surface area contributed by atoms with Gasteiger partial charge in [0.1, 0.15) is 0 Å². The number of nitrogens with zero attached hydrogens (tertiary/aromatic N) is 1. The van der Waals surface area contributed by atoms with E-state index in [4.69, 9.17) is 10.5 Å². The number of hydrogen-bond donors (Lipinski definition) is 1. The fourth-order valence-corrected chi connectivity index (χ4v) is 1.30. The largest absolute Gasteiger partial charge is 0.462 e. The summed E-state index contributed by atoms with van der Waals surface area (Å²) in [5, 5.41) is 0. The minimum absolute atomic E-state index is 0.308. The molecule has 0 aromatic carbocycles. The Labute approximate surface area is 89.5 Å². The SMILES string of the molecule is CCOC(=O)c1cccnc1CCCN.